The predicted molar refractivity (Wildman–Crippen MR) is 71.8 cm³/mol. The number of hydrogen-bond acceptors (Lipinski definition) is 4. The van der Waals surface area contributed by atoms with Crippen molar-refractivity contribution in [2.24, 2.45) is 0 Å². The standard InChI is InChI=1S/C11H9ClN2O4S/c12-6-2-1-5(10(16)17)3-7(6)13-9(15)8-4-19-11(18)14-8/h1-3,8H,4H2,(H,13,15)(H,14,18)(H,16,17). The van der Waals surface area contributed by atoms with E-state index in [0.717, 1.165) is 11.8 Å². The molecular formula is C11H9ClN2O4S. The molecule has 3 N–H and O–H groups in total. The Balaban J connectivity index is 2.14. The van der Waals surface area contributed by atoms with Gasteiger partial charge in [-0.2, -0.15) is 0 Å². The Bertz CT molecular complexity index is 564. The monoisotopic (exact) mass is 300 g/mol. The molecule has 0 saturated carbocycles. The van der Waals surface area contributed by atoms with Crippen LogP contribution in [-0.4, -0.2) is 34.0 Å². The van der Waals surface area contributed by atoms with Crippen molar-refractivity contribution in [3.63, 3.8) is 0 Å². The SMILES string of the molecule is O=C1NC(C(=O)Nc2cc(C(=O)O)ccc2Cl)CS1. The Morgan fingerprint density at radius 3 is 2.79 bits per heavy atom. The van der Waals surface area contributed by atoms with Crippen LogP contribution in [0.2, 0.25) is 5.02 Å². The molecule has 1 aliphatic rings. The van der Waals surface area contributed by atoms with Crippen molar-refractivity contribution >= 4 is 46.2 Å². The molecule has 1 heterocycles. The summed E-state index contributed by atoms with van der Waals surface area (Å²) in [5, 5.41) is 13.8. The van der Waals surface area contributed by atoms with E-state index in [9.17, 15) is 14.4 Å². The molecule has 1 aromatic rings. The minimum atomic E-state index is -1.11. The lowest BCUT2D eigenvalue weighted by atomic mass is 10.2. The van der Waals surface area contributed by atoms with Gasteiger partial charge >= 0.3 is 5.97 Å². The van der Waals surface area contributed by atoms with Crippen molar-refractivity contribution in [3.05, 3.63) is 28.8 Å². The van der Waals surface area contributed by atoms with Gasteiger partial charge in [0.05, 0.1) is 16.3 Å². The van der Waals surface area contributed by atoms with Gasteiger partial charge in [0.2, 0.25) is 5.91 Å². The number of anilines is 1. The quantitative estimate of drug-likeness (QED) is 0.791. The highest BCUT2D eigenvalue weighted by atomic mass is 35.5. The van der Waals surface area contributed by atoms with E-state index in [2.05, 4.69) is 10.6 Å². The fourth-order valence-electron chi connectivity index (χ4n) is 1.50. The van der Waals surface area contributed by atoms with Gasteiger partial charge in [-0.15, -0.1) is 0 Å². The number of rotatable bonds is 3. The first kappa shape index (κ1) is 13.7. The highest BCUT2D eigenvalue weighted by Crippen LogP contribution is 2.24. The van der Waals surface area contributed by atoms with Crippen LogP contribution in [0.15, 0.2) is 18.2 Å². The molecule has 1 unspecified atom stereocenters. The summed E-state index contributed by atoms with van der Waals surface area (Å²) in [5.74, 6) is -1.21. The molecule has 19 heavy (non-hydrogen) atoms. The number of carboxylic acid groups (broad SMARTS) is 1. The highest BCUT2D eigenvalue weighted by molar-refractivity contribution is 8.14. The Morgan fingerprint density at radius 2 is 2.21 bits per heavy atom. The molecule has 1 saturated heterocycles. The molecule has 2 amide bonds. The summed E-state index contributed by atoms with van der Waals surface area (Å²) in [5.41, 5.74) is 0.224. The van der Waals surface area contributed by atoms with Gasteiger partial charge < -0.3 is 15.7 Å². The molecule has 0 bridgehead atoms. The van der Waals surface area contributed by atoms with E-state index >= 15 is 0 Å². The fourth-order valence-corrected chi connectivity index (χ4v) is 2.44. The maximum atomic E-state index is 11.8. The van der Waals surface area contributed by atoms with Crippen molar-refractivity contribution in [1.29, 1.82) is 0 Å². The van der Waals surface area contributed by atoms with E-state index < -0.39 is 17.9 Å². The van der Waals surface area contributed by atoms with Gasteiger partial charge in [0, 0.05) is 5.75 Å². The van der Waals surface area contributed by atoms with E-state index in [4.69, 9.17) is 16.7 Å². The van der Waals surface area contributed by atoms with Gasteiger partial charge in [0.1, 0.15) is 6.04 Å². The number of amides is 2. The number of halogens is 1. The number of hydrogen-bond donors (Lipinski definition) is 3. The average Bonchev–Trinajstić information content (AvgIpc) is 2.78. The normalized spacial score (nSPS) is 17.9. The van der Waals surface area contributed by atoms with Crippen molar-refractivity contribution in [1.82, 2.24) is 5.32 Å². The minimum Gasteiger partial charge on any atom is -0.478 e. The lowest BCUT2D eigenvalue weighted by molar-refractivity contribution is -0.117. The summed E-state index contributed by atoms with van der Waals surface area (Å²) in [6.07, 6.45) is 0. The summed E-state index contributed by atoms with van der Waals surface area (Å²) in [6, 6.07) is 3.37. The third kappa shape index (κ3) is 3.18. The lowest BCUT2D eigenvalue weighted by Gasteiger charge is -2.12. The Hall–Kier alpha value is -1.73. The second-order valence-corrected chi connectivity index (χ2v) is 5.18. The Morgan fingerprint density at radius 1 is 1.47 bits per heavy atom. The third-order valence-corrected chi connectivity index (χ3v) is 3.67. The largest absolute Gasteiger partial charge is 0.478 e. The highest BCUT2D eigenvalue weighted by Gasteiger charge is 2.28. The number of thioether (sulfide) groups is 1. The lowest BCUT2D eigenvalue weighted by Crippen LogP contribution is -2.38. The molecule has 2 rings (SSSR count). The van der Waals surface area contributed by atoms with Crippen LogP contribution in [0, 0.1) is 0 Å². The molecule has 0 radical (unpaired) electrons. The van der Waals surface area contributed by atoms with Crippen molar-refractivity contribution in [2.75, 3.05) is 11.1 Å². The van der Waals surface area contributed by atoms with Crippen LogP contribution >= 0.6 is 23.4 Å². The third-order valence-electron chi connectivity index (χ3n) is 2.46. The molecule has 8 heteroatoms. The fraction of sp³-hybridized carbons (Fsp3) is 0.182. The number of nitrogens with one attached hydrogen (secondary N) is 2. The average molecular weight is 301 g/mol. The number of carbonyl (C=O) groups excluding carboxylic acids is 2. The van der Waals surface area contributed by atoms with Crippen LogP contribution in [-0.2, 0) is 4.79 Å². The number of benzene rings is 1. The van der Waals surface area contributed by atoms with Gasteiger partial charge in [-0.25, -0.2) is 4.79 Å². The van der Waals surface area contributed by atoms with Gasteiger partial charge in [-0.05, 0) is 18.2 Å². The maximum Gasteiger partial charge on any atom is 0.335 e. The summed E-state index contributed by atoms with van der Waals surface area (Å²) in [7, 11) is 0. The minimum absolute atomic E-state index is 0.0181. The molecular weight excluding hydrogens is 292 g/mol. The molecule has 0 aromatic heterocycles. The first-order chi connectivity index (χ1) is 8.97. The smallest absolute Gasteiger partial charge is 0.335 e. The topological polar surface area (TPSA) is 95.5 Å². The van der Waals surface area contributed by atoms with Gasteiger partial charge in [0.25, 0.3) is 5.24 Å². The van der Waals surface area contributed by atoms with Crippen LogP contribution in [0.25, 0.3) is 0 Å². The molecule has 1 aliphatic heterocycles. The van der Waals surface area contributed by atoms with Crippen LogP contribution in [0.3, 0.4) is 0 Å². The molecule has 6 nitrogen and oxygen atoms in total. The maximum absolute atomic E-state index is 11.8. The van der Waals surface area contributed by atoms with Crippen LogP contribution < -0.4 is 10.6 Å². The van der Waals surface area contributed by atoms with E-state index in [0.29, 0.717) is 5.75 Å². The molecule has 100 valence electrons. The Labute approximate surface area is 117 Å². The van der Waals surface area contributed by atoms with Gasteiger partial charge in [-0.3, -0.25) is 9.59 Å². The van der Waals surface area contributed by atoms with Gasteiger partial charge in [-0.1, -0.05) is 23.4 Å². The van der Waals surface area contributed by atoms with Crippen LogP contribution in [0.4, 0.5) is 10.5 Å². The number of carbonyl (C=O) groups is 3. The summed E-state index contributed by atoms with van der Waals surface area (Å²) >= 11 is 6.90. The molecule has 1 fully saturated rings. The van der Waals surface area contributed by atoms with Crippen LogP contribution in [0.5, 0.6) is 0 Å². The summed E-state index contributed by atoms with van der Waals surface area (Å²) in [4.78, 5) is 33.7. The first-order valence-electron chi connectivity index (χ1n) is 5.24. The Kier molecular flexibility index (Phi) is 3.96. The second-order valence-electron chi connectivity index (χ2n) is 3.78. The summed E-state index contributed by atoms with van der Waals surface area (Å²) in [6.45, 7) is 0. The zero-order valence-corrected chi connectivity index (χ0v) is 11.0. The molecule has 1 atom stereocenters. The first-order valence-corrected chi connectivity index (χ1v) is 6.60. The van der Waals surface area contributed by atoms with E-state index in [-0.39, 0.29) is 21.5 Å². The van der Waals surface area contributed by atoms with Gasteiger partial charge in [0.15, 0.2) is 0 Å². The number of carboxylic acids is 1. The second kappa shape index (κ2) is 5.50. The van der Waals surface area contributed by atoms with Crippen molar-refractivity contribution in [3.8, 4) is 0 Å². The van der Waals surface area contributed by atoms with Crippen molar-refractivity contribution < 1.29 is 19.5 Å². The van der Waals surface area contributed by atoms with E-state index in [1.54, 1.807) is 0 Å². The van der Waals surface area contributed by atoms with Crippen LogP contribution in [0.1, 0.15) is 10.4 Å². The van der Waals surface area contributed by atoms with E-state index in [1.165, 1.54) is 18.2 Å². The molecule has 1 aromatic carbocycles. The van der Waals surface area contributed by atoms with Crippen molar-refractivity contribution in [2.45, 2.75) is 6.04 Å². The zero-order chi connectivity index (χ0) is 14.0. The molecule has 0 aliphatic carbocycles. The molecule has 0 spiro atoms. The summed E-state index contributed by atoms with van der Waals surface area (Å²) < 4.78 is 0. The zero-order valence-electron chi connectivity index (χ0n) is 9.47. The predicted octanol–water partition coefficient (Wildman–Crippen LogP) is 1.80. The number of aromatic carboxylic acids is 1. The van der Waals surface area contributed by atoms with E-state index in [1.807, 2.05) is 0 Å².